The Bertz CT molecular complexity index is 1060. The third kappa shape index (κ3) is 8.60. The lowest BCUT2D eigenvalue weighted by Crippen LogP contribution is -2.55. The van der Waals surface area contributed by atoms with E-state index in [0.29, 0.717) is 12.1 Å². The number of pyridine rings is 1. The van der Waals surface area contributed by atoms with Crippen molar-refractivity contribution in [1.82, 2.24) is 30.7 Å². The minimum atomic E-state index is 0.0751. The van der Waals surface area contributed by atoms with E-state index in [2.05, 4.69) is 68.2 Å². The number of hydrogen-bond donors (Lipinski definition) is 3. The monoisotopic (exact) mass is 560 g/mol. The fourth-order valence-corrected chi connectivity index (χ4v) is 7.23. The van der Waals surface area contributed by atoms with E-state index in [4.69, 9.17) is 4.98 Å². The Morgan fingerprint density at radius 2 is 1.95 bits per heavy atom. The third-order valence-corrected chi connectivity index (χ3v) is 9.50. The van der Waals surface area contributed by atoms with Gasteiger partial charge in [0.15, 0.2) is 0 Å². The summed E-state index contributed by atoms with van der Waals surface area (Å²) >= 11 is 0. The standard InChI is InChI=1S/C34H52N6O/c1-35-19-7-8-22-40(32-17-9-15-28-16-10-20-37-33(28)32)26-30-25-39(24-21-36-30)23-18-31(27-11-3-2-4-12-27)38-34(41)29-13-5-6-14-29/h2-4,10-12,16,20,29-32,35-36H,5-9,13-15,17-19,21-26H2,1H3,(H,38,41)/t30-,31+,32+/m1/s1. The fraction of sp³-hybridized carbons (Fsp3) is 0.647. The van der Waals surface area contributed by atoms with Crippen LogP contribution in [0.25, 0.3) is 0 Å². The number of unbranched alkanes of at least 4 members (excludes halogenated alkanes) is 1. The molecule has 224 valence electrons. The first-order valence-electron chi connectivity index (χ1n) is 16.3. The van der Waals surface area contributed by atoms with Gasteiger partial charge in [-0.05, 0) is 88.7 Å². The van der Waals surface area contributed by atoms with Crippen LogP contribution in [-0.4, -0.2) is 79.6 Å². The largest absolute Gasteiger partial charge is 0.349 e. The topological polar surface area (TPSA) is 72.5 Å². The molecule has 7 heteroatoms. The van der Waals surface area contributed by atoms with Gasteiger partial charge in [-0.2, -0.15) is 0 Å². The molecule has 3 N–H and O–H groups in total. The van der Waals surface area contributed by atoms with Crippen LogP contribution >= 0.6 is 0 Å². The molecule has 1 saturated heterocycles. The lowest BCUT2D eigenvalue weighted by Gasteiger charge is -2.41. The number of fused-ring (bicyclic) bond motifs is 1. The van der Waals surface area contributed by atoms with Gasteiger partial charge in [-0.15, -0.1) is 0 Å². The van der Waals surface area contributed by atoms with Crippen molar-refractivity contribution in [3.8, 4) is 0 Å². The highest BCUT2D eigenvalue weighted by molar-refractivity contribution is 5.79. The summed E-state index contributed by atoms with van der Waals surface area (Å²) in [5, 5.41) is 10.6. The van der Waals surface area contributed by atoms with Gasteiger partial charge in [0.25, 0.3) is 0 Å². The average Bonchev–Trinajstić information content (AvgIpc) is 3.57. The zero-order chi connectivity index (χ0) is 28.3. The minimum Gasteiger partial charge on any atom is -0.349 e. The first-order chi connectivity index (χ1) is 20.2. The van der Waals surface area contributed by atoms with Gasteiger partial charge >= 0.3 is 0 Å². The van der Waals surface area contributed by atoms with E-state index in [1.165, 1.54) is 55.3 Å². The van der Waals surface area contributed by atoms with Gasteiger partial charge in [0.05, 0.1) is 17.8 Å². The molecule has 2 aromatic rings. The molecule has 1 saturated carbocycles. The Hall–Kier alpha value is -2.32. The van der Waals surface area contributed by atoms with Crippen molar-refractivity contribution in [2.75, 3.05) is 52.9 Å². The quantitative estimate of drug-likeness (QED) is 0.296. The maximum atomic E-state index is 13.1. The van der Waals surface area contributed by atoms with Crippen molar-refractivity contribution in [1.29, 1.82) is 0 Å². The molecular formula is C34H52N6O. The molecule has 1 aliphatic heterocycles. The Morgan fingerprint density at radius 1 is 1.10 bits per heavy atom. The van der Waals surface area contributed by atoms with Crippen LogP contribution in [0.15, 0.2) is 48.7 Å². The summed E-state index contributed by atoms with van der Waals surface area (Å²) in [6, 6.07) is 15.9. The van der Waals surface area contributed by atoms with E-state index < -0.39 is 0 Å². The van der Waals surface area contributed by atoms with E-state index in [-0.39, 0.29) is 17.9 Å². The number of rotatable bonds is 14. The first kappa shape index (κ1) is 30.1. The van der Waals surface area contributed by atoms with Crippen LogP contribution in [0.3, 0.4) is 0 Å². The summed E-state index contributed by atoms with van der Waals surface area (Å²) in [6.45, 7) is 7.36. The molecule has 0 bridgehead atoms. The molecule has 2 aliphatic carbocycles. The van der Waals surface area contributed by atoms with Crippen LogP contribution in [0.1, 0.15) is 86.7 Å². The van der Waals surface area contributed by atoms with Crippen LogP contribution in [0.4, 0.5) is 0 Å². The summed E-state index contributed by atoms with van der Waals surface area (Å²) in [5.41, 5.74) is 3.97. The first-order valence-corrected chi connectivity index (χ1v) is 16.3. The SMILES string of the molecule is CNCCCCN(C[C@H]1CN(CC[C@H](NC(=O)C2CCCC2)c2ccccc2)CCN1)[C@H]1CCCc2cccnc21. The van der Waals surface area contributed by atoms with E-state index in [0.717, 1.165) is 71.5 Å². The number of hydrogen-bond acceptors (Lipinski definition) is 6. The highest BCUT2D eigenvalue weighted by Gasteiger charge is 2.31. The van der Waals surface area contributed by atoms with Gasteiger partial charge in [-0.3, -0.25) is 14.7 Å². The second-order valence-corrected chi connectivity index (χ2v) is 12.5. The highest BCUT2D eigenvalue weighted by Crippen LogP contribution is 2.33. The van der Waals surface area contributed by atoms with Crippen LogP contribution in [0, 0.1) is 5.92 Å². The zero-order valence-electron chi connectivity index (χ0n) is 25.2. The number of nitrogens with zero attached hydrogens (tertiary/aromatic N) is 3. The maximum Gasteiger partial charge on any atom is 0.223 e. The van der Waals surface area contributed by atoms with Crippen LogP contribution in [0.5, 0.6) is 0 Å². The van der Waals surface area contributed by atoms with Gasteiger partial charge in [-0.1, -0.05) is 49.2 Å². The van der Waals surface area contributed by atoms with Crippen molar-refractivity contribution in [3.63, 3.8) is 0 Å². The molecule has 5 rings (SSSR count). The van der Waals surface area contributed by atoms with E-state index in [1.54, 1.807) is 0 Å². The van der Waals surface area contributed by atoms with Crippen LogP contribution in [-0.2, 0) is 11.2 Å². The smallest absolute Gasteiger partial charge is 0.223 e. The average molecular weight is 561 g/mol. The van der Waals surface area contributed by atoms with Gasteiger partial charge in [0.2, 0.25) is 5.91 Å². The summed E-state index contributed by atoms with van der Waals surface area (Å²) < 4.78 is 0. The molecule has 41 heavy (non-hydrogen) atoms. The predicted molar refractivity (Wildman–Crippen MR) is 167 cm³/mol. The molecule has 3 aliphatic rings. The Morgan fingerprint density at radius 3 is 2.78 bits per heavy atom. The number of aryl methyl sites for hydroxylation is 1. The molecule has 0 unspecified atom stereocenters. The Kier molecular flexibility index (Phi) is 11.6. The van der Waals surface area contributed by atoms with Gasteiger partial charge in [0, 0.05) is 50.9 Å². The number of aromatic nitrogens is 1. The van der Waals surface area contributed by atoms with E-state index in [1.807, 2.05) is 13.2 Å². The summed E-state index contributed by atoms with van der Waals surface area (Å²) in [7, 11) is 2.04. The predicted octanol–water partition coefficient (Wildman–Crippen LogP) is 4.47. The normalized spacial score (nSPS) is 22.5. The zero-order valence-corrected chi connectivity index (χ0v) is 25.2. The van der Waals surface area contributed by atoms with Crippen LogP contribution < -0.4 is 16.0 Å². The number of piperazine rings is 1. The van der Waals surface area contributed by atoms with Crippen molar-refractivity contribution < 1.29 is 4.79 Å². The number of carbonyl (C=O) groups excluding carboxylic acids is 1. The lowest BCUT2D eigenvalue weighted by molar-refractivity contribution is -0.125. The van der Waals surface area contributed by atoms with Crippen molar-refractivity contribution in [2.24, 2.45) is 5.92 Å². The van der Waals surface area contributed by atoms with Gasteiger partial charge in [0.1, 0.15) is 0 Å². The van der Waals surface area contributed by atoms with Crippen molar-refractivity contribution in [2.45, 2.75) is 82.3 Å². The molecule has 2 heterocycles. The third-order valence-electron chi connectivity index (χ3n) is 9.50. The lowest BCUT2D eigenvalue weighted by atomic mass is 9.90. The summed E-state index contributed by atoms with van der Waals surface area (Å²) in [6.07, 6.45) is 13.4. The molecule has 2 fully saturated rings. The number of nitrogens with one attached hydrogen (secondary N) is 3. The van der Waals surface area contributed by atoms with Crippen LogP contribution in [0.2, 0.25) is 0 Å². The Labute approximate surface area is 247 Å². The number of benzene rings is 1. The summed E-state index contributed by atoms with van der Waals surface area (Å²) in [5.74, 6) is 0.452. The maximum absolute atomic E-state index is 13.1. The van der Waals surface area contributed by atoms with Crippen molar-refractivity contribution >= 4 is 5.91 Å². The van der Waals surface area contributed by atoms with E-state index in [9.17, 15) is 4.79 Å². The molecule has 1 aromatic carbocycles. The molecule has 1 amide bonds. The molecule has 1 aromatic heterocycles. The Balaban J connectivity index is 1.20. The molecule has 3 atom stereocenters. The number of carbonyl (C=O) groups is 1. The minimum absolute atomic E-state index is 0.0751. The van der Waals surface area contributed by atoms with Crippen molar-refractivity contribution in [3.05, 3.63) is 65.5 Å². The van der Waals surface area contributed by atoms with Gasteiger partial charge in [-0.25, -0.2) is 0 Å². The number of amides is 1. The second-order valence-electron chi connectivity index (χ2n) is 12.5. The fourth-order valence-electron chi connectivity index (χ4n) is 7.23. The van der Waals surface area contributed by atoms with Gasteiger partial charge < -0.3 is 20.9 Å². The summed E-state index contributed by atoms with van der Waals surface area (Å²) in [4.78, 5) is 23.3. The highest BCUT2D eigenvalue weighted by atomic mass is 16.1. The molecule has 7 nitrogen and oxygen atoms in total. The molecular weight excluding hydrogens is 508 g/mol. The molecule has 0 spiro atoms. The molecule has 0 radical (unpaired) electrons. The second kappa shape index (κ2) is 15.8. The van der Waals surface area contributed by atoms with E-state index >= 15 is 0 Å².